The summed E-state index contributed by atoms with van der Waals surface area (Å²) in [7, 11) is 1.92. The van der Waals surface area contributed by atoms with E-state index in [9.17, 15) is 9.59 Å². The van der Waals surface area contributed by atoms with Gasteiger partial charge in [-0.15, -0.1) is 0 Å². The van der Waals surface area contributed by atoms with Crippen molar-refractivity contribution in [1.29, 1.82) is 0 Å². The minimum absolute atomic E-state index is 0.0312. The predicted molar refractivity (Wildman–Crippen MR) is 98.6 cm³/mol. The van der Waals surface area contributed by atoms with Crippen molar-refractivity contribution < 1.29 is 14.7 Å². The zero-order valence-electron chi connectivity index (χ0n) is 16.0. The number of carbonyl (C=O) groups excluding carboxylic acids is 1. The van der Waals surface area contributed by atoms with Gasteiger partial charge < -0.3 is 15.3 Å². The molecule has 144 valence electrons. The number of amides is 2. The molecule has 0 aliphatic heterocycles. The van der Waals surface area contributed by atoms with Crippen LogP contribution in [0.3, 0.4) is 0 Å². The normalized spacial score (nSPS) is 29.1. The number of likely N-dealkylation sites (N-methyl/N-ethyl adjacent to an activating group) is 1. The zero-order valence-corrected chi connectivity index (χ0v) is 16.0. The minimum Gasteiger partial charge on any atom is -0.480 e. The largest absolute Gasteiger partial charge is 0.480 e. The highest BCUT2D eigenvalue weighted by atomic mass is 16.4. The molecule has 0 radical (unpaired) electrons. The lowest BCUT2D eigenvalue weighted by Gasteiger charge is -2.43. The van der Waals surface area contributed by atoms with E-state index in [4.69, 9.17) is 5.11 Å². The Labute approximate surface area is 151 Å². The fourth-order valence-corrected chi connectivity index (χ4v) is 4.35. The minimum atomic E-state index is -0.784. The first-order valence-electron chi connectivity index (χ1n) is 9.93. The van der Waals surface area contributed by atoms with Crippen molar-refractivity contribution in [1.82, 2.24) is 15.1 Å². The lowest BCUT2D eigenvalue weighted by atomic mass is 9.83. The Kier molecular flexibility index (Phi) is 7.54. The van der Waals surface area contributed by atoms with E-state index in [0.717, 1.165) is 38.1 Å². The van der Waals surface area contributed by atoms with Crippen LogP contribution in [0.1, 0.15) is 65.2 Å². The van der Waals surface area contributed by atoms with Gasteiger partial charge in [0.05, 0.1) is 6.54 Å². The van der Waals surface area contributed by atoms with Gasteiger partial charge in [-0.25, -0.2) is 4.79 Å². The Balaban J connectivity index is 1.70. The quantitative estimate of drug-likeness (QED) is 0.704. The second-order valence-electron chi connectivity index (χ2n) is 7.80. The number of aliphatic carboxylic acids is 1. The Hall–Kier alpha value is -1.30. The number of hydrogen-bond donors (Lipinski definition) is 2. The molecule has 0 spiro atoms. The first-order chi connectivity index (χ1) is 11.9. The number of hydrogen-bond acceptors (Lipinski definition) is 3. The van der Waals surface area contributed by atoms with Crippen LogP contribution in [0.4, 0.5) is 4.79 Å². The fourth-order valence-electron chi connectivity index (χ4n) is 4.35. The summed E-state index contributed by atoms with van der Waals surface area (Å²) in [5.41, 5.74) is 0. The van der Waals surface area contributed by atoms with Crippen LogP contribution >= 0.6 is 0 Å². The number of carbonyl (C=O) groups is 2. The summed E-state index contributed by atoms with van der Waals surface area (Å²) in [6.45, 7) is 5.05. The molecule has 0 aromatic heterocycles. The predicted octanol–water partition coefficient (Wildman–Crippen LogP) is 2.92. The van der Waals surface area contributed by atoms with E-state index in [-0.39, 0.29) is 24.7 Å². The van der Waals surface area contributed by atoms with Gasteiger partial charge in [0, 0.05) is 25.2 Å². The molecule has 6 heteroatoms. The topological polar surface area (TPSA) is 72.9 Å². The van der Waals surface area contributed by atoms with E-state index < -0.39 is 5.97 Å². The summed E-state index contributed by atoms with van der Waals surface area (Å²) < 4.78 is 0. The molecule has 2 rings (SSSR count). The van der Waals surface area contributed by atoms with Crippen molar-refractivity contribution in [3.63, 3.8) is 0 Å². The molecule has 0 aromatic carbocycles. The number of carboxylic acid groups (broad SMARTS) is 1. The Morgan fingerprint density at radius 3 is 2.24 bits per heavy atom. The summed E-state index contributed by atoms with van der Waals surface area (Å²) in [6, 6.07) is 0.854. The summed E-state index contributed by atoms with van der Waals surface area (Å²) in [5.74, 6) is 0.0621. The maximum absolute atomic E-state index is 12.5. The second-order valence-corrected chi connectivity index (χ2v) is 7.80. The van der Waals surface area contributed by atoms with Crippen LogP contribution in [0.25, 0.3) is 0 Å². The van der Waals surface area contributed by atoms with E-state index in [1.54, 1.807) is 0 Å². The van der Waals surface area contributed by atoms with E-state index in [0.29, 0.717) is 6.04 Å². The molecule has 0 bridgehead atoms. The van der Waals surface area contributed by atoms with Crippen LogP contribution in [-0.4, -0.2) is 65.2 Å². The SMILES string of the molecule is CCCC1CCC(N(C)C(=O)NC2CC(N(CC)CC(=O)O)C2)CC1. The molecule has 0 saturated heterocycles. The molecule has 0 heterocycles. The summed E-state index contributed by atoms with van der Waals surface area (Å²) >= 11 is 0. The summed E-state index contributed by atoms with van der Waals surface area (Å²) in [4.78, 5) is 27.2. The molecular weight excluding hydrogens is 318 g/mol. The van der Waals surface area contributed by atoms with Gasteiger partial charge in [0.25, 0.3) is 0 Å². The Morgan fingerprint density at radius 1 is 1.08 bits per heavy atom. The maximum atomic E-state index is 12.5. The number of rotatable bonds is 8. The summed E-state index contributed by atoms with van der Waals surface area (Å²) in [5, 5.41) is 12.1. The average molecular weight is 354 g/mol. The van der Waals surface area contributed by atoms with Crippen molar-refractivity contribution in [3.05, 3.63) is 0 Å². The zero-order chi connectivity index (χ0) is 18.4. The highest BCUT2D eigenvalue weighted by Gasteiger charge is 2.36. The first kappa shape index (κ1) is 20.0. The van der Waals surface area contributed by atoms with Gasteiger partial charge in [-0.05, 0) is 51.0 Å². The lowest BCUT2D eigenvalue weighted by molar-refractivity contribution is -0.139. The standard InChI is InChI=1S/C19H35N3O3/c1-4-6-14-7-9-16(10-8-14)21(3)19(25)20-15-11-17(12-15)22(5-2)13-18(23)24/h14-17H,4-13H2,1-3H3,(H,20,25)(H,23,24). The monoisotopic (exact) mass is 353 g/mol. The van der Waals surface area contributed by atoms with Crippen molar-refractivity contribution in [2.24, 2.45) is 5.92 Å². The molecule has 25 heavy (non-hydrogen) atoms. The van der Waals surface area contributed by atoms with Gasteiger partial charge in [0.15, 0.2) is 0 Å². The van der Waals surface area contributed by atoms with Gasteiger partial charge in [-0.2, -0.15) is 0 Å². The molecule has 0 unspecified atom stereocenters. The highest BCUT2D eigenvalue weighted by Crippen LogP contribution is 2.30. The molecule has 2 saturated carbocycles. The van der Waals surface area contributed by atoms with Crippen LogP contribution in [-0.2, 0) is 4.79 Å². The third-order valence-corrected chi connectivity index (χ3v) is 6.08. The number of nitrogens with one attached hydrogen (secondary N) is 1. The molecule has 6 nitrogen and oxygen atoms in total. The van der Waals surface area contributed by atoms with Crippen LogP contribution in [0.5, 0.6) is 0 Å². The first-order valence-corrected chi connectivity index (χ1v) is 9.93. The van der Waals surface area contributed by atoms with E-state index in [1.807, 2.05) is 23.8 Å². The van der Waals surface area contributed by atoms with Gasteiger partial charge >= 0.3 is 12.0 Å². The molecule has 2 aliphatic rings. The van der Waals surface area contributed by atoms with Gasteiger partial charge in [-0.3, -0.25) is 9.69 Å². The number of carboxylic acids is 1. The summed E-state index contributed by atoms with van der Waals surface area (Å²) in [6.07, 6.45) is 8.98. The fraction of sp³-hybridized carbons (Fsp3) is 0.895. The average Bonchev–Trinajstić information content (AvgIpc) is 2.56. The molecule has 2 fully saturated rings. The molecule has 2 aliphatic carbocycles. The number of urea groups is 1. The van der Waals surface area contributed by atoms with Crippen LogP contribution in [0.15, 0.2) is 0 Å². The maximum Gasteiger partial charge on any atom is 0.317 e. The van der Waals surface area contributed by atoms with Crippen molar-refractivity contribution >= 4 is 12.0 Å². The second kappa shape index (κ2) is 9.41. The van der Waals surface area contributed by atoms with Gasteiger partial charge in [0.2, 0.25) is 0 Å². The molecular formula is C19H35N3O3. The molecule has 0 atom stereocenters. The van der Waals surface area contributed by atoms with Crippen molar-refractivity contribution in [3.8, 4) is 0 Å². The van der Waals surface area contributed by atoms with Crippen LogP contribution in [0, 0.1) is 5.92 Å². The molecule has 0 aromatic rings. The van der Waals surface area contributed by atoms with Gasteiger partial charge in [0.1, 0.15) is 0 Å². The molecule has 2 N–H and O–H groups in total. The van der Waals surface area contributed by atoms with E-state index in [2.05, 4.69) is 12.2 Å². The van der Waals surface area contributed by atoms with Gasteiger partial charge in [-0.1, -0.05) is 26.7 Å². The third-order valence-electron chi connectivity index (χ3n) is 6.08. The van der Waals surface area contributed by atoms with Crippen LogP contribution < -0.4 is 5.32 Å². The van der Waals surface area contributed by atoms with Crippen LogP contribution in [0.2, 0.25) is 0 Å². The highest BCUT2D eigenvalue weighted by molar-refractivity contribution is 5.74. The third kappa shape index (κ3) is 5.59. The van der Waals surface area contributed by atoms with E-state index >= 15 is 0 Å². The van der Waals surface area contributed by atoms with Crippen molar-refractivity contribution in [2.45, 2.75) is 83.3 Å². The van der Waals surface area contributed by atoms with E-state index in [1.165, 1.54) is 25.7 Å². The Bertz CT molecular complexity index is 443. The Morgan fingerprint density at radius 2 is 1.72 bits per heavy atom. The number of nitrogens with zero attached hydrogens (tertiary/aromatic N) is 2. The van der Waals surface area contributed by atoms with Crippen molar-refractivity contribution in [2.75, 3.05) is 20.1 Å². The lowest BCUT2D eigenvalue weighted by Crippen LogP contribution is -2.57. The molecule has 2 amide bonds. The smallest absolute Gasteiger partial charge is 0.317 e.